The largest absolute Gasteiger partial charge is 0.390 e. The molecule has 2 bridgehead atoms. The van der Waals surface area contributed by atoms with Crippen LogP contribution in [0.15, 0.2) is 28.7 Å². The van der Waals surface area contributed by atoms with Crippen molar-refractivity contribution in [2.75, 3.05) is 0 Å². The molecule has 0 aliphatic heterocycles. The summed E-state index contributed by atoms with van der Waals surface area (Å²) < 4.78 is 1.10. The average Bonchev–Trinajstić information content (AvgIpc) is 2.94. The highest BCUT2D eigenvalue weighted by molar-refractivity contribution is 9.10. The van der Waals surface area contributed by atoms with Gasteiger partial charge in [0.2, 0.25) is 0 Å². The van der Waals surface area contributed by atoms with Crippen LogP contribution in [-0.4, -0.2) is 10.7 Å². The van der Waals surface area contributed by atoms with Crippen molar-refractivity contribution < 1.29 is 5.11 Å². The molecule has 0 amide bonds. The third-order valence-corrected chi connectivity index (χ3v) is 5.54. The van der Waals surface area contributed by atoms with Gasteiger partial charge in [0.1, 0.15) is 0 Å². The Kier molecular flexibility index (Phi) is 3.27. The minimum Gasteiger partial charge on any atom is -0.390 e. The van der Waals surface area contributed by atoms with E-state index in [1.165, 1.54) is 31.2 Å². The first kappa shape index (κ1) is 12.7. The Bertz CT molecular complexity index is 423. The first-order valence-corrected chi connectivity index (χ1v) is 7.81. The fourth-order valence-electron chi connectivity index (χ4n) is 4.15. The lowest BCUT2D eigenvalue weighted by Gasteiger charge is -2.36. The summed E-state index contributed by atoms with van der Waals surface area (Å²) in [5.74, 6) is 2.19. The van der Waals surface area contributed by atoms with E-state index in [4.69, 9.17) is 0 Å². The molecule has 1 aromatic rings. The zero-order valence-corrected chi connectivity index (χ0v) is 12.5. The van der Waals surface area contributed by atoms with Crippen molar-refractivity contribution in [1.82, 2.24) is 0 Å². The summed E-state index contributed by atoms with van der Waals surface area (Å²) in [5.41, 5.74) is 0.708. The third kappa shape index (κ3) is 2.37. The highest BCUT2D eigenvalue weighted by atomic mass is 79.9. The van der Waals surface area contributed by atoms with E-state index in [2.05, 4.69) is 40.2 Å². The molecular weight excluding hydrogens is 288 g/mol. The van der Waals surface area contributed by atoms with Crippen LogP contribution in [-0.2, 0) is 6.42 Å². The maximum absolute atomic E-state index is 10.8. The monoisotopic (exact) mass is 308 g/mol. The Labute approximate surface area is 118 Å². The van der Waals surface area contributed by atoms with Crippen LogP contribution in [0.25, 0.3) is 0 Å². The molecule has 2 saturated carbocycles. The molecule has 18 heavy (non-hydrogen) atoms. The van der Waals surface area contributed by atoms with Gasteiger partial charge in [-0.2, -0.15) is 0 Å². The van der Waals surface area contributed by atoms with E-state index in [-0.39, 0.29) is 0 Å². The minimum atomic E-state index is -0.534. The zero-order valence-electron chi connectivity index (χ0n) is 10.9. The van der Waals surface area contributed by atoms with Crippen LogP contribution in [0.5, 0.6) is 0 Å². The van der Waals surface area contributed by atoms with Crippen molar-refractivity contribution in [3.8, 4) is 0 Å². The highest BCUT2D eigenvalue weighted by Crippen LogP contribution is 2.52. The van der Waals surface area contributed by atoms with Gasteiger partial charge in [-0.25, -0.2) is 0 Å². The maximum atomic E-state index is 10.8. The molecule has 0 saturated heterocycles. The molecule has 2 heteroatoms. The number of hydrogen-bond acceptors (Lipinski definition) is 1. The summed E-state index contributed by atoms with van der Waals surface area (Å²) in [4.78, 5) is 0. The SMILES string of the molecule is CC(O)(Cc1ccc(Br)cc1)C1CC2CCC1C2. The van der Waals surface area contributed by atoms with Gasteiger partial charge in [0.05, 0.1) is 5.60 Å². The lowest BCUT2D eigenvalue weighted by molar-refractivity contribution is -0.0239. The predicted molar refractivity (Wildman–Crippen MR) is 77.4 cm³/mol. The van der Waals surface area contributed by atoms with Crippen molar-refractivity contribution in [2.24, 2.45) is 17.8 Å². The minimum absolute atomic E-state index is 0.514. The molecule has 1 nitrogen and oxygen atoms in total. The van der Waals surface area contributed by atoms with Gasteiger partial charge in [-0.3, -0.25) is 0 Å². The van der Waals surface area contributed by atoms with Crippen LogP contribution in [0.1, 0.15) is 38.2 Å². The van der Waals surface area contributed by atoms with Crippen molar-refractivity contribution in [1.29, 1.82) is 0 Å². The summed E-state index contributed by atoms with van der Waals surface area (Å²) in [6.45, 7) is 2.04. The summed E-state index contributed by atoms with van der Waals surface area (Å²) >= 11 is 3.46. The summed E-state index contributed by atoms with van der Waals surface area (Å²) in [6, 6.07) is 8.36. The quantitative estimate of drug-likeness (QED) is 0.888. The molecule has 0 aromatic heterocycles. The Hall–Kier alpha value is -0.340. The van der Waals surface area contributed by atoms with Gasteiger partial charge in [0, 0.05) is 10.9 Å². The molecule has 0 radical (unpaired) electrons. The van der Waals surface area contributed by atoms with Gasteiger partial charge in [-0.15, -0.1) is 0 Å². The van der Waals surface area contributed by atoms with Crippen molar-refractivity contribution in [3.05, 3.63) is 34.3 Å². The predicted octanol–water partition coefficient (Wildman–Crippen LogP) is 4.18. The highest BCUT2D eigenvalue weighted by Gasteiger charge is 2.47. The second kappa shape index (κ2) is 4.64. The van der Waals surface area contributed by atoms with Crippen LogP contribution < -0.4 is 0 Å². The fourth-order valence-corrected chi connectivity index (χ4v) is 4.42. The van der Waals surface area contributed by atoms with Crippen LogP contribution in [0, 0.1) is 17.8 Å². The Morgan fingerprint density at radius 2 is 1.94 bits per heavy atom. The molecule has 3 rings (SSSR count). The smallest absolute Gasteiger partial charge is 0.0690 e. The Morgan fingerprint density at radius 1 is 1.22 bits per heavy atom. The lowest BCUT2D eigenvalue weighted by Crippen LogP contribution is -2.39. The van der Waals surface area contributed by atoms with E-state index < -0.39 is 5.60 Å². The molecule has 0 heterocycles. The summed E-state index contributed by atoms with van der Waals surface area (Å²) in [6.07, 6.45) is 6.13. The summed E-state index contributed by atoms with van der Waals surface area (Å²) in [7, 11) is 0. The molecule has 1 N–H and O–H groups in total. The van der Waals surface area contributed by atoms with E-state index in [0.717, 1.165) is 22.7 Å². The first-order chi connectivity index (χ1) is 8.54. The van der Waals surface area contributed by atoms with Crippen LogP contribution >= 0.6 is 15.9 Å². The normalized spacial score (nSPS) is 33.6. The van der Waals surface area contributed by atoms with E-state index >= 15 is 0 Å². The number of benzene rings is 1. The number of halogens is 1. The second-order valence-electron chi connectivity index (χ2n) is 6.44. The van der Waals surface area contributed by atoms with Gasteiger partial charge in [0.15, 0.2) is 0 Å². The fraction of sp³-hybridized carbons (Fsp3) is 0.625. The molecule has 2 aliphatic rings. The molecule has 2 fully saturated rings. The standard InChI is InChI=1S/C16H21BrO/c1-16(18,10-11-3-6-14(17)7-4-11)15-9-12-2-5-13(15)8-12/h3-4,6-7,12-13,15,18H,2,5,8-10H2,1H3. The van der Waals surface area contributed by atoms with Crippen molar-refractivity contribution in [3.63, 3.8) is 0 Å². The zero-order chi connectivity index (χ0) is 12.8. The summed E-state index contributed by atoms with van der Waals surface area (Å²) in [5, 5.41) is 10.8. The Balaban J connectivity index is 1.72. The van der Waals surface area contributed by atoms with Crippen LogP contribution in [0.3, 0.4) is 0 Å². The number of aliphatic hydroxyl groups is 1. The molecular formula is C16H21BrO. The van der Waals surface area contributed by atoms with Gasteiger partial charge < -0.3 is 5.11 Å². The topological polar surface area (TPSA) is 20.2 Å². The second-order valence-corrected chi connectivity index (χ2v) is 7.36. The number of hydrogen-bond donors (Lipinski definition) is 1. The Morgan fingerprint density at radius 3 is 2.50 bits per heavy atom. The molecule has 0 spiro atoms. The molecule has 2 aliphatic carbocycles. The molecule has 98 valence electrons. The lowest BCUT2D eigenvalue weighted by atomic mass is 9.74. The van der Waals surface area contributed by atoms with Crippen molar-refractivity contribution in [2.45, 2.75) is 44.6 Å². The van der Waals surface area contributed by atoms with E-state index in [1.54, 1.807) is 0 Å². The number of rotatable bonds is 3. The first-order valence-electron chi connectivity index (χ1n) is 7.01. The van der Waals surface area contributed by atoms with Crippen LogP contribution in [0.2, 0.25) is 0 Å². The maximum Gasteiger partial charge on any atom is 0.0690 e. The van der Waals surface area contributed by atoms with E-state index in [9.17, 15) is 5.11 Å². The van der Waals surface area contributed by atoms with Gasteiger partial charge in [-0.05, 0) is 61.6 Å². The van der Waals surface area contributed by atoms with Gasteiger partial charge in [-0.1, -0.05) is 34.5 Å². The molecule has 4 atom stereocenters. The van der Waals surface area contributed by atoms with E-state index in [1.807, 2.05) is 6.92 Å². The van der Waals surface area contributed by atoms with E-state index in [0.29, 0.717) is 5.92 Å². The average molecular weight is 309 g/mol. The molecule has 4 unspecified atom stereocenters. The van der Waals surface area contributed by atoms with Gasteiger partial charge in [0.25, 0.3) is 0 Å². The van der Waals surface area contributed by atoms with Gasteiger partial charge >= 0.3 is 0 Å². The number of fused-ring (bicyclic) bond motifs is 2. The molecule has 1 aromatic carbocycles. The van der Waals surface area contributed by atoms with Crippen molar-refractivity contribution >= 4 is 15.9 Å². The third-order valence-electron chi connectivity index (χ3n) is 5.01. The van der Waals surface area contributed by atoms with Crippen LogP contribution in [0.4, 0.5) is 0 Å².